The van der Waals surface area contributed by atoms with Gasteiger partial charge in [0, 0.05) is 6.54 Å². The number of furan rings is 1. The van der Waals surface area contributed by atoms with Crippen molar-refractivity contribution in [3.05, 3.63) is 47.9 Å². The van der Waals surface area contributed by atoms with Gasteiger partial charge in [0.2, 0.25) is 0 Å². The minimum Gasteiger partial charge on any atom is -0.493 e. The molecule has 1 heterocycles. The first-order valence-corrected chi connectivity index (χ1v) is 7.87. The molecule has 1 N–H and O–H groups in total. The molecule has 130 valence electrons. The molecule has 1 aromatic heterocycles. The number of nitrogens with zero attached hydrogens (tertiary/aromatic N) is 1. The Morgan fingerprint density at radius 3 is 2.62 bits per heavy atom. The average molecular weight is 332 g/mol. The summed E-state index contributed by atoms with van der Waals surface area (Å²) in [6.45, 7) is 1.77. The molecule has 0 saturated carbocycles. The maximum Gasteiger partial charge on any atom is 0.286 e. The van der Waals surface area contributed by atoms with Gasteiger partial charge in [0.25, 0.3) is 5.91 Å². The van der Waals surface area contributed by atoms with Gasteiger partial charge in [-0.2, -0.15) is 0 Å². The van der Waals surface area contributed by atoms with Crippen LogP contribution in [-0.2, 0) is 6.61 Å². The van der Waals surface area contributed by atoms with Gasteiger partial charge in [0.1, 0.15) is 12.4 Å². The van der Waals surface area contributed by atoms with Crippen LogP contribution in [0.25, 0.3) is 0 Å². The third-order valence-corrected chi connectivity index (χ3v) is 3.39. The number of methoxy groups -OCH3 is 1. The second-order valence-corrected chi connectivity index (χ2v) is 5.62. The Hall–Kier alpha value is -2.47. The minimum absolute atomic E-state index is 0.211. The van der Waals surface area contributed by atoms with E-state index in [9.17, 15) is 4.79 Å². The Bertz CT molecular complexity index is 652. The first-order chi connectivity index (χ1) is 11.6. The zero-order chi connectivity index (χ0) is 17.4. The van der Waals surface area contributed by atoms with Crippen molar-refractivity contribution >= 4 is 5.91 Å². The molecular weight excluding hydrogens is 308 g/mol. The summed E-state index contributed by atoms with van der Waals surface area (Å²) in [4.78, 5) is 14.1. The summed E-state index contributed by atoms with van der Waals surface area (Å²) in [6.07, 6.45) is 0.892. The lowest BCUT2D eigenvalue weighted by Gasteiger charge is -2.09. The van der Waals surface area contributed by atoms with E-state index in [0.717, 1.165) is 13.0 Å². The van der Waals surface area contributed by atoms with E-state index in [4.69, 9.17) is 13.9 Å². The van der Waals surface area contributed by atoms with E-state index in [1.54, 1.807) is 19.2 Å². The first kappa shape index (κ1) is 17.9. The molecule has 6 heteroatoms. The molecule has 24 heavy (non-hydrogen) atoms. The summed E-state index contributed by atoms with van der Waals surface area (Å²) < 4.78 is 16.4. The first-order valence-electron chi connectivity index (χ1n) is 7.87. The number of benzene rings is 1. The highest BCUT2D eigenvalue weighted by atomic mass is 16.5. The van der Waals surface area contributed by atoms with Crippen LogP contribution in [0, 0.1) is 0 Å². The van der Waals surface area contributed by atoms with Crippen LogP contribution >= 0.6 is 0 Å². The number of hydrogen-bond acceptors (Lipinski definition) is 5. The van der Waals surface area contributed by atoms with Crippen molar-refractivity contribution < 1.29 is 18.7 Å². The largest absolute Gasteiger partial charge is 0.493 e. The van der Waals surface area contributed by atoms with Crippen molar-refractivity contribution in [3.8, 4) is 11.5 Å². The highest BCUT2D eigenvalue weighted by Gasteiger charge is 2.11. The molecule has 2 rings (SSSR count). The van der Waals surface area contributed by atoms with Gasteiger partial charge in [-0.3, -0.25) is 4.79 Å². The number of rotatable bonds is 9. The number of ether oxygens (including phenoxy) is 2. The Labute approximate surface area is 142 Å². The smallest absolute Gasteiger partial charge is 0.286 e. The van der Waals surface area contributed by atoms with Crippen molar-refractivity contribution in [2.24, 2.45) is 0 Å². The molecule has 0 fully saturated rings. The quantitative estimate of drug-likeness (QED) is 0.715. The fourth-order valence-electron chi connectivity index (χ4n) is 2.15. The van der Waals surface area contributed by atoms with Gasteiger partial charge in [-0.1, -0.05) is 12.1 Å². The molecule has 0 saturated heterocycles. The van der Waals surface area contributed by atoms with E-state index in [-0.39, 0.29) is 12.5 Å². The Morgan fingerprint density at radius 1 is 1.17 bits per heavy atom. The fraction of sp³-hybridized carbons (Fsp3) is 0.389. The van der Waals surface area contributed by atoms with Crippen LogP contribution < -0.4 is 14.8 Å². The molecule has 0 radical (unpaired) electrons. The molecule has 0 aliphatic carbocycles. The summed E-state index contributed by atoms with van der Waals surface area (Å²) in [5.74, 6) is 1.95. The minimum atomic E-state index is -0.211. The van der Waals surface area contributed by atoms with Gasteiger partial charge in [-0.15, -0.1) is 0 Å². The van der Waals surface area contributed by atoms with Crippen LogP contribution in [0.3, 0.4) is 0 Å². The third-order valence-electron chi connectivity index (χ3n) is 3.39. The second-order valence-electron chi connectivity index (χ2n) is 5.62. The van der Waals surface area contributed by atoms with Gasteiger partial charge in [-0.05, 0) is 51.3 Å². The van der Waals surface area contributed by atoms with Gasteiger partial charge in [-0.25, -0.2) is 0 Å². The number of hydrogen-bond donors (Lipinski definition) is 1. The molecule has 0 bridgehead atoms. The predicted molar refractivity (Wildman–Crippen MR) is 91.5 cm³/mol. The molecule has 0 unspecified atom stereocenters. The predicted octanol–water partition coefficient (Wildman–Crippen LogP) is 2.55. The maximum absolute atomic E-state index is 12.0. The van der Waals surface area contributed by atoms with Crippen molar-refractivity contribution in [1.82, 2.24) is 10.2 Å². The lowest BCUT2D eigenvalue weighted by molar-refractivity contribution is 0.0920. The number of carbonyl (C=O) groups is 1. The van der Waals surface area contributed by atoms with Crippen molar-refractivity contribution in [3.63, 3.8) is 0 Å². The summed E-state index contributed by atoms with van der Waals surface area (Å²) in [6, 6.07) is 10.8. The summed E-state index contributed by atoms with van der Waals surface area (Å²) in [5, 5.41) is 2.84. The monoisotopic (exact) mass is 332 g/mol. The molecule has 0 aliphatic heterocycles. The van der Waals surface area contributed by atoms with Crippen LogP contribution in [0.5, 0.6) is 11.5 Å². The number of nitrogens with one attached hydrogen (secondary N) is 1. The molecule has 0 aliphatic rings. The maximum atomic E-state index is 12.0. The molecule has 0 atom stereocenters. The van der Waals surface area contributed by atoms with E-state index in [1.807, 2.05) is 38.4 Å². The lowest BCUT2D eigenvalue weighted by atomic mass is 10.3. The zero-order valence-corrected chi connectivity index (χ0v) is 14.4. The summed E-state index contributed by atoms with van der Waals surface area (Å²) in [7, 11) is 5.60. The van der Waals surface area contributed by atoms with Crippen LogP contribution in [0.15, 0.2) is 40.8 Å². The molecule has 0 spiro atoms. The molecule has 1 amide bonds. The lowest BCUT2D eigenvalue weighted by Crippen LogP contribution is -2.26. The van der Waals surface area contributed by atoms with Crippen LogP contribution in [-0.4, -0.2) is 45.1 Å². The topological polar surface area (TPSA) is 63.9 Å². The van der Waals surface area contributed by atoms with Crippen LogP contribution in [0.4, 0.5) is 0 Å². The van der Waals surface area contributed by atoms with Gasteiger partial charge in [0.05, 0.1) is 7.11 Å². The third kappa shape index (κ3) is 5.31. The number of carbonyl (C=O) groups excluding carboxylic acids is 1. The highest BCUT2D eigenvalue weighted by molar-refractivity contribution is 5.91. The van der Waals surface area contributed by atoms with Crippen LogP contribution in [0.1, 0.15) is 22.7 Å². The molecular formula is C18H24N2O4. The summed E-state index contributed by atoms with van der Waals surface area (Å²) in [5.41, 5.74) is 0. The van der Waals surface area contributed by atoms with E-state index >= 15 is 0 Å². The molecule has 2 aromatic rings. The Balaban J connectivity index is 1.83. The summed E-state index contributed by atoms with van der Waals surface area (Å²) >= 11 is 0. The van der Waals surface area contributed by atoms with Crippen molar-refractivity contribution in [2.75, 3.05) is 34.3 Å². The zero-order valence-electron chi connectivity index (χ0n) is 14.4. The van der Waals surface area contributed by atoms with Crippen LogP contribution in [0.2, 0.25) is 0 Å². The van der Waals surface area contributed by atoms with E-state index in [2.05, 4.69) is 10.2 Å². The van der Waals surface area contributed by atoms with Gasteiger partial charge in [0.15, 0.2) is 17.3 Å². The SMILES string of the molecule is COc1ccccc1OCc1ccc(C(=O)NCCCN(C)C)o1. The average Bonchev–Trinajstić information content (AvgIpc) is 3.06. The van der Waals surface area contributed by atoms with E-state index in [1.165, 1.54) is 0 Å². The van der Waals surface area contributed by atoms with Gasteiger partial charge < -0.3 is 24.1 Å². The van der Waals surface area contributed by atoms with E-state index in [0.29, 0.717) is 29.6 Å². The molecule has 1 aromatic carbocycles. The second kappa shape index (κ2) is 8.98. The Kier molecular flexibility index (Phi) is 6.69. The number of para-hydroxylation sites is 2. The fourth-order valence-corrected chi connectivity index (χ4v) is 2.15. The van der Waals surface area contributed by atoms with Crippen molar-refractivity contribution in [2.45, 2.75) is 13.0 Å². The van der Waals surface area contributed by atoms with E-state index < -0.39 is 0 Å². The standard InChI is InChI=1S/C18H24N2O4/c1-20(2)12-6-11-19-18(21)17-10-9-14(24-17)13-23-16-8-5-4-7-15(16)22-3/h4-5,7-10H,6,11-13H2,1-3H3,(H,19,21). The normalized spacial score (nSPS) is 10.7. The van der Waals surface area contributed by atoms with Crippen molar-refractivity contribution in [1.29, 1.82) is 0 Å². The van der Waals surface area contributed by atoms with Gasteiger partial charge >= 0.3 is 0 Å². The molecule has 6 nitrogen and oxygen atoms in total. The Morgan fingerprint density at radius 2 is 1.92 bits per heavy atom. The number of amides is 1. The highest BCUT2D eigenvalue weighted by Crippen LogP contribution is 2.26.